The molecule has 2 rings (SSSR count). The fraction of sp³-hybridized carbons (Fsp3) is 0.375. The molecule has 0 spiro atoms. The lowest BCUT2D eigenvalue weighted by Crippen LogP contribution is -2.27. The van der Waals surface area contributed by atoms with Gasteiger partial charge in [0.2, 0.25) is 5.91 Å². The molecule has 0 saturated heterocycles. The summed E-state index contributed by atoms with van der Waals surface area (Å²) in [5, 5.41) is 3.02. The second kappa shape index (κ2) is 6.37. The minimum absolute atomic E-state index is 0.0260. The zero-order valence-electron chi connectivity index (χ0n) is 12.2. The summed E-state index contributed by atoms with van der Waals surface area (Å²) < 4.78 is 1.95. The molecule has 1 aromatic carbocycles. The Hall–Kier alpha value is -2.10. The van der Waals surface area contributed by atoms with E-state index in [2.05, 4.69) is 10.3 Å². The van der Waals surface area contributed by atoms with Gasteiger partial charge in [-0.05, 0) is 30.5 Å². The summed E-state index contributed by atoms with van der Waals surface area (Å²) in [6.07, 6.45) is 5.99. The van der Waals surface area contributed by atoms with Crippen molar-refractivity contribution < 1.29 is 4.79 Å². The molecular formula is C16H21N3O. The van der Waals surface area contributed by atoms with Gasteiger partial charge in [0.05, 0.1) is 12.4 Å². The van der Waals surface area contributed by atoms with Gasteiger partial charge in [0.15, 0.2) is 0 Å². The number of hydrogen-bond acceptors (Lipinski definition) is 2. The molecule has 4 heteroatoms. The number of nitrogens with one attached hydrogen (secondary N) is 1. The fourth-order valence-electron chi connectivity index (χ4n) is 2.10. The molecule has 0 aliphatic carbocycles. The number of aromatic nitrogens is 2. The molecule has 0 saturated carbocycles. The van der Waals surface area contributed by atoms with Gasteiger partial charge >= 0.3 is 0 Å². The summed E-state index contributed by atoms with van der Waals surface area (Å²) in [5.74, 6) is 0.483. The number of hydrogen-bond donors (Lipinski definition) is 1. The average Bonchev–Trinajstić information content (AvgIpc) is 2.91. The first-order chi connectivity index (χ1) is 9.56. The van der Waals surface area contributed by atoms with Crippen LogP contribution in [0.2, 0.25) is 0 Å². The third kappa shape index (κ3) is 3.70. The van der Waals surface area contributed by atoms with Gasteiger partial charge in [0.25, 0.3) is 0 Å². The molecule has 1 atom stereocenters. The van der Waals surface area contributed by atoms with Crippen LogP contribution in [0.3, 0.4) is 0 Å². The number of nitrogens with zero attached hydrogens (tertiary/aromatic N) is 2. The van der Waals surface area contributed by atoms with Crippen LogP contribution < -0.4 is 5.32 Å². The van der Waals surface area contributed by atoms with Crippen LogP contribution in [0, 0.1) is 5.92 Å². The molecule has 0 bridgehead atoms. The molecule has 1 heterocycles. The number of rotatable bonds is 5. The highest BCUT2D eigenvalue weighted by molar-refractivity contribution is 5.76. The monoisotopic (exact) mass is 271 g/mol. The van der Waals surface area contributed by atoms with Crippen LogP contribution in [0.1, 0.15) is 38.8 Å². The highest BCUT2D eigenvalue weighted by atomic mass is 16.1. The Morgan fingerprint density at radius 3 is 2.50 bits per heavy atom. The third-order valence-corrected chi connectivity index (χ3v) is 3.17. The van der Waals surface area contributed by atoms with Gasteiger partial charge in [-0.15, -0.1) is 0 Å². The zero-order chi connectivity index (χ0) is 14.5. The summed E-state index contributed by atoms with van der Waals surface area (Å²) in [6, 6.07) is 8.16. The standard InChI is InChI=1S/C16H21N3O/c1-12(2)10-16(20)18-13(3)14-4-6-15(7-5-14)19-9-8-17-11-19/h4-9,11-13H,10H2,1-3H3,(H,18,20). The molecule has 1 amide bonds. The number of imidazole rings is 1. The van der Waals surface area contributed by atoms with Crippen LogP contribution >= 0.6 is 0 Å². The van der Waals surface area contributed by atoms with Crippen molar-refractivity contribution in [3.8, 4) is 5.69 Å². The van der Waals surface area contributed by atoms with E-state index in [9.17, 15) is 4.79 Å². The molecule has 0 aliphatic heterocycles. The largest absolute Gasteiger partial charge is 0.350 e. The summed E-state index contributed by atoms with van der Waals surface area (Å²) in [5.41, 5.74) is 2.16. The minimum atomic E-state index is 0.0260. The molecule has 106 valence electrons. The van der Waals surface area contributed by atoms with Gasteiger partial charge in [-0.1, -0.05) is 26.0 Å². The second-order valence-electron chi connectivity index (χ2n) is 5.45. The van der Waals surface area contributed by atoms with E-state index in [1.165, 1.54) is 0 Å². The molecule has 0 radical (unpaired) electrons. The summed E-state index contributed by atoms with van der Waals surface area (Å²) in [7, 11) is 0. The minimum Gasteiger partial charge on any atom is -0.350 e. The summed E-state index contributed by atoms with van der Waals surface area (Å²) >= 11 is 0. The Kier molecular flexibility index (Phi) is 4.56. The maximum atomic E-state index is 11.8. The van der Waals surface area contributed by atoms with E-state index in [1.807, 2.05) is 55.8 Å². The van der Waals surface area contributed by atoms with E-state index >= 15 is 0 Å². The third-order valence-electron chi connectivity index (χ3n) is 3.17. The number of carbonyl (C=O) groups excluding carboxylic acids is 1. The van der Waals surface area contributed by atoms with E-state index < -0.39 is 0 Å². The molecule has 0 aliphatic rings. The first-order valence-electron chi connectivity index (χ1n) is 6.94. The van der Waals surface area contributed by atoms with Crippen LogP contribution in [-0.4, -0.2) is 15.5 Å². The molecular weight excluding hydrogens is 250 g/mol. The van der Waals surface area contributed by atoms with Crippen molar-refractivity contribution in [2.45, 2.75) is 33.2 Å². The van der Waals surface area contributed by atoms with Crippen molar-refractivity contribution in [2.75, 3.05) is 0 Å². The lowest BCUT2D eigenvalue weighted by atomic mass is 10.1. The number of carbonyl (C=O) groups is 1. The van der Waals surface area contributed by atoms with Crippen molar-refractivity contribution in [3.05, 3.63) is 48.5 Å². The number of amides is 1. The van der Waals surface area contributed by atoms with E-state index in [0.717, 1.165) is 11.3 Å². The van der Waals surface area contributed by atoms with Gasteiger partial charge in [0, 0.05) is 24.5 Å². The molecule has 20 heavy (non-hydrogen) atoms. The molecule has 1 unspecified atom stereocenters. The van der Waals surface area contributed by atoms with Gasteiger partial charge in [-0.2, -0.15) is 0 Å². The SMILES string of the molecule is CC(C)CC(=O)NC(C)c1ccc(-n2ccnc2)cc1. The Balaban J connectivity index is 2.01. The summed E-state index contributed by atoms with van der Waals surface area (Å²) in [4.78, 5) is 15.8. The molecule has 2 aromatic rings. The Morgan fingerprint density at radius 1 is 1.25 bits per heavy atom. The Bertz CT molecular complexity index is 544. The van der Waals surface area contributed by atoms with E-state index in [4.69, 9.17) is 0 Å². The average molecular weight is 271 g/mol. The van der Waals surface area contributed by atoms with E-state index in [1.54, 1.807) is 12.5 Å². The lowest BCUT2D eigenvalue weighted by Gasteiger charge is -2.16. The highest BCUT2D eigenvalue weighted by Gasteiger charge is 2.10. The van der Waals surface area contributed by atoms with Crippen molar-refractivity contribution in [2.24, 2.45) is 5.92 Å². The summed E-state index contributed by atoms with van der Waals surface area (Å²) in [6.45, 7) is 6.10. The quantitative estimate of drug-likeness (QED) is 0.908. The van der Waals surface area contributed by atoms with Gasteiger partial charge in [-0.3, -0.25) is 4.79 Å². The Morgan fingerprint density at radius 2 is 1.95 bits per heavy atom. The number of benzene rings is 1. The Labute approximate surface area is 119 Å². The van der Waals surface area contributed by atoms with Crippen LogP contribution in [-0.2, 0) is 4.79 Å². The van der Waals surface area contributed by atoms with Crippen molar-refractivity contribution in [1.82, 2.24) is 14.9 Å². The normalized spacial score (nSPS) is 12.4. The van der Waals surface area contributed by atoms with Gasteiger partial charge < -0.3 is 9.88 Å². The predicted molar refractivity (Wildman–Crippen MR) is 79.6 cm³/mol. The van der Waals surface area contributed by atoms with Crippen molar-refractivity contribution in [1.29, 1.82) is 0 Å². The smallest absolute Gasteiger partial charge is 0.220 e. The van der Waals surface area contributed by atoms with Crippen LogP contribution in [0.15, 0.2) is 43.0 Å². The maximum absolute atomic E-state index is 11.8. The van der Waals surface area contributed by atoms with Crippen LogP contribution in [0.4, 0.5) is 0 Å². The van der Waals surface area contributed by atoms with Gasteiger partial charge in [-0.25, -0.2) is 4.98 Å². The van der Waals surface area contributed by atoms with Crippen LogP contribution in [0.25, 0.3) is 5.69 Å². The van der Waals surface area contributed by atoms with Crippen molar-refractivity contribution in [3.63, 3.8) is 0 Å². The van der Waals surface area contributed by atoms with E-state index in [-0.39, 0.29) is 11.9 Å². The first kappa shape index (κ1) is 14.3. The first-order valence-corrected chi connectivity index (χ1v) is 6.94. The molecule has 1 N–H and O–H groups in total. The predicted octanol–water partition coefficient (Wildman–Crippen LogP) is 3.10. The van der Waals surface area contributed by atoms with E-state index in [0.29, 0.717) is 12.3 Å². The molecule has 1 aromatic heterocycles. The zero-order valence-corrected chi connectivity index (χ0v) is 12.2. The second-order valence-corrected chi connectivity index (χ2v) is 5.45. The van der Waals surface area contributed by atoms with Crippen LogP contribution in [0.5, 0.6) is 0 Å². The van der Waals surface area contributed by atoms with Crippen molar-refractivity contribution >= 4 is 5.91 Å². The molecule has 0 fully saturated rings. The lowest BCUT2D eigenvalue weighted by molar-refractivity contribution is -0.122. The topological polar surface area (TPSA) is 46.9 Å². The fourth-order valence-corrected chi connectivity index (χ4v) is 2.10. The maximum Gasteiger partial charge on any atom is 0.220 e. The highest BCUT2D eigenvalue weighted by Crippen LogP contribution is 2.16. The van der Waals surface area contributed by atoms with Gasteiger partial charge in [0.1, 0.15) is 0 Å². The molecule has 4 nitrogen and oxygen atoms in total.